The van der Waals surface area contributed by atoms with Crippen molar-refractivity contribution >= 4 is 5.91 Å². The van der Waals surface area contributed by atoms with Gasteiger partial charge in [0, 0.05) is 31.9 Å². The molecule has 2 heterocycles. The van der Waals surface area contributed by atoms with Crippen LogP contribution >= 0.6 is 0 Å². The van der Waals surface area contributed by atoms with E-state index in [9.17, 15) is 4.79 Å². The lowest BCUT2D eigenvalue weighted by atomic mass is 10.1. The molecule has 0 aliphatic carbocycles. The summed E-state index contributed by atoms with van der Waals surface area (Å²) < 4.78 is 1.99. The maximum absolute atomic E-state index is 12.7. The second-order valence-electron chi connectivity index (χ2n) is 5.42. The maximum atomic E-state index is 12.7. The van der Waals surface area contributed by atoms with Crippen molar-refractivity contribution < 1.29 is 4.79 Å². The van der Waals surface area contributed by atoms with Crippen LogP contribution in [0, 0.1) is 6.92 Å². The predicted molar refractivity (Wildman–Crippen MR) is 77.4 cm³/mol. The monoisotopic (exact) mass is 263 g/mol. The van der Waals surface area contributed by atoms with E-state index in [0.717, 1.165) is 50.3 Å². The maximum Gasteiger partial charge on any atom is 0.270 e. The van der Waals surface area contributed by atoms with Gasteiger partial charge in [-0.3, -0.25) is 4.79 Å². The molecule has 1 N–H and O–H groups in total. The molecule has 0 spiro atoms. The van der Waals surface area contributed by atoms with E-state index in [1.165, 1.54) is 0 Å². The number of nitrogens with zero attached hydrogens (tertiary/aromatic N) is 2. The summed E-state index contributed by atoms with van der Waals surface area (Å²) >= 11 is 0. The van der Waals surface area contributed by atoms with Gasteiger partial charge in [0.2, 0.25) is 0 Å². The molecule has 1 aromatic heterocycles. The van der Waals surface area contributed by atoms with Crippen molar-refractivity contribution in [1.29, 1.82) is 0 Å². The molecular formula is C15H25N3O. The fourth-order valence-corrected chi connectivity index (χ4v) is 2.77. The molecule has 1 aliphatic rings. The Morgan fingerprint density at radius 1 is 1.53 bits per heavy atom. The van der Waals surface area contributed by atoms with Gasteiger partial charge in [-0.1, -0.05) is 6.92 Å². The average Bonchev–Trinajstić information content (AvgIpc) is 2.77. The largest absolute Gasteiger partial charge is 0.344 e. The van der Waals surface area contributed by atoms with Crippen LogP contribution < -0.4 is 5.32 Å². The molecule has 1 fully saturated rings. The van der Waals surface area contributed by atoms with Gasteiger partial charge in [-0.25, -0.2) is 0 Å². The third-order valence-corrected chi connectivity index (χ3v) is 4.03. The zero-order chi connectivity index (χ0) is 13.8. The van der Waals surface area contributed by atoms with Crippen molar-refractivity contribution in [3.8, 4) is 0 Å². The van der Waals surface area contributed by atoms with Crippen LogP contribution in [0.25, 0.3) is 0 Å². The number of hydrogen-bond donors (Lipinski definition) is 1. The molecule has 1 aromatic rings. The van der Waals surface area contributed by atoms with E-state index in [2.05, 4.69) is 17.1 Å². The van der Waals surface area contributed by atoms with Gasteiger partial charge < -0.3 is 14.8 Å². The summed E-state index contributed by atoms with van der Waals surface area (Å²) in [4.78, 5) is 14.8. The molecule has 4 heteroatoms. The summed E-state index contributed by atoms with van der Waals surface area (Å²) in [7, 11) is 1.96. The molecule has 1 aliphatic heterocycles. The quantitative estimate of drug-likeness (QED) is 0.901. The normalized spacial score (nSPS) is 19.4. The van der Waals surface area contributed by atoms with Crippen molar-refractivity contribution in [1.82, 2.24) is 14.8 Å². The summed E-state index contributed by atoms with van der Waals surface area (Å²) in [5.74, 6) is 0.172. The molecule has 1 amide bonds. The second kappa shape index (κ2) is 6.24. The fraction of sp³-hybridized carbons (Fsp3) is 0.667. The Balaban J connectivity index is 2.18. The number of carbonyl (C=O) groups is 1. The first-order valence-electron chi connectivity index (χ1n) is 7.29. The van der Waals surface area contributed by atoms with Gasteiger partial charge in [0.05, 0.1) is 0 Å². The Bertz CT molecular complexity index is 433. The van der Waals surface area contributed by atoms with Gasteiger partial charge in [-0.2, -0.15) is 0 Å². The van der Waals surface area contributed by atoms with Crippen molar-refractivity contribution in [3.63, 3.8) is 0 Å². The third-order valence-electron chi connectivity index (χ3n) is 4.03. The van der Waals surface area contributed by atoms with E-state index in [1.54, 1.807) is 0 Å². The fourth-order valence-electron chi connectivity index (χ4n) is 2.77. The Hall–Kier alpha value is -1.29. The molecule has 4 nitrogen and oxygen atoms in total. The first-order valence-corrected chi connectivity index (χ1v) is 7.29. The zero-order valence-corrected chi connectivity index (χ0v) is 12.3. The molecule has 1 unspecified atom stereocenters. The van der Waals surface area contributed by atoms with E-state index in [1.807, 2.05) is 30.7 Å². The lowest BCUT2D eigenvalue weighted by Crippen LogP contribution is -2.49. The van der Waals surface area contributed by atoms with Crippen LogP contribution in [0.3, 0.4) is 0 Å². The Kier molecular flexibility index (Phi) is 4.64. The zero-order valence-electron chi connectivity index (χ0n) is 12.3. The van der Waals surface area contributed by atoms with Crippen LogP contribution in [-0.4, -0.2) is 41.1 Å². The molecule has 0 radical (unpaired) electrons. The molecule has 2 rings (SSSR count). The topological polar surface area (TPSA) is 37.3 Å². The van der Waals surface area contributed by atoms with Gasteiger partial charge in [-0.15, -0.1) is 0 Å². The van der Waals surface area contributed by atoms with Crippen molar-refractivity contribution in [3.05, 3.63) is 23.5 Å². The summed E-state index contributed by atoms with van der Waals surface area (Å²) in [6.45, 7) is 7.01. The number of aromatic nitrogens is 1. The van der Waals surface area contributed by atoms with E-state index in [-0.39, 0.29) is 5.91 Å². The molecule has 1 saturated heterocycles. The summed E-state index contributed by atoms with van der Waals surface area (Å²) in [6, 6.07) is 4.30. The molecule has 0 saturated carbocycles. The van der Waals surface area contributed by atoms with Crippen LogP contribution in [0.1, 0.15) is 42.4 Å². The number of amides is 1. The highest BCUT2D eigenvalue weighted by atomic mass is 16.2. The molecule has 0 aromatic carbocycles. The second-order valence-corrected chi connectivity index (χ2v) is 5.42. The van der Waals surface area contributed by atoms with Crippen LogP contribution in [-0.2, 0) is 7.05 Å². The number of rotatable bonds is 4. The standard InChI is InChI=1S/C15H25N3O/c1-4-10-18(13-6-5-9-16-11-13)15(19)14-8-7-12(2)17(14)3/h7-8,13,16H,4-6,9-11H2,1-3H3. The van der Waals surface area contributed by atoms with Crippen LogP contribution in [0.4, 0.5) is 0 Å². The highest BCUT2D eigenvalue weighted by Gasteiger charge is 2.26. The summed E-state index contributed by atoms with van der Waals surface area (Å²) in [6.07, 6.45) is 3.28. The van der Waals surface area contributed by atoms with Gasteiger partial charge >= 0.3 is 0 Å². The molecular weight excluding hydrogens is 238 g/mol. The smallest absolute Gasteiger partial charge is 0.270 e. The van der Waals surface area contributed by atoms with E-state index < -0.39 is 0 Å². The molecule has 19 heavy (non-hydrogen) atoms. The van der Waals surface area contributed by atoms with E-state index >= 15 is 0 Å². The predicted octanol–water partition coefficient (Wildman–Crippen LogP) is 1.94. The number of piperidine rings is 1. The Labute approximate surface area is 115 Å². The summed E-state index contributed by atoms with van der Waals surface area (Å²) in [5.41, 5.74) is 1.93. The SMILES string of the molecule is CCCN(C(=O)c1ccc(C)n1C)C1CCCNC1. The van der Waals surface area contributed by atoms with Crippen LogP contribution in [0.2, 0.25) is 0 Å². The molecule has 0 bridgehead atoms. The first kappa shape index (κ1) is 14.1. The number of aryl methyl sites for hydroxylation is 1. The van der Waals surface area contributed by atoms with Crippen LogP contribution in [0.15, 0.2) is 12.1 Å². The lowest BCUT2D eigenvalue weighted by Gasteiger charge is -2.34. The Morgan fingerprint density at radius 3 is 2.84 bits per heavy atom. The van der Waals surface area contributed by atoms with E-state index in [0.29, 0.717) is 6.04 Å². The van der Waals surface area contributed by atoms with Crippen molar-refractivity contribution in [2.75, 3.05) is 19.6 Å². The number of carbonyl (C=O) groups excluding carboxylic acids is 1. The van der Waals surface area contributed by atoms with Gasteiger partial charge in [0.25, 0.3) is 5.91 Å². The number of nitrogens with one attached hydrogen (secondary N) is 1. The molecule has 1 atom stereocenters. The summed E-state index contributed by atoms with van der Waals surface area (Å²) in [5, 5.41) is 3.40. The van der Waals surface area contributed by atoms with Gasteiger partial charge in [0.15, 0.2) is 0 Å². The van der Waals surface area contributed by atoms with Crippen LogP contribution in [0.5, 0.6) is 0 Å². The highest BCUT2D eigenvalue weighted by Crippen LogP contribution is 2.16. The minimum absolute atomic E-state index is 0.172. The first-order chi connectivity index (χ1) is 9.15. The third kappa shape index (κ3) is 3.00. The van der Waals surface area contributed by atoms with Crippen molar-refractivity contribution in [2.24, 2.45) is 7.05 Å². The highest BCUT2D eigenvalue weighted by molar-refractivity contribution is 5.93. The molecule has 106 valence electrons. The minimum atomic E-state index is 0.172. The minimum Gasteiger partial charge on any atom is -0.344 e. The van der Waals surface area contributed by atoms with Gasteiger partial charge in [0.1, 0.15) is 5.69 Å². The van der Waals surface area contributed by atoms with E-state index in [4.69, 9.17) is 0 Å². The van der Waals surface area contributed by atoms with Crippen molar-refractivity contribution in [2.45, 2.75) is 39.2 Å². The number of hydrogen-bond acceptors (Lipinski definition) is 2. The lowest BCUT2D eigenvalue weighted by molar-refractivity contribution is 0.0639. The average molecular weight is 263 g/mol. The van der Waals surface area contributed by atoms with Gasteiger partial charge in [-0.05, 0) is 44.9 Å². The Morgan fingerprint density at radius 2 is 2.32 bits per heavy atom.